The van der Waals surface area contributed by atoms with Gasteiger partial charge >= 0.3 is 0 Å². The van der Waals surface area contributed by atoms with Crippen LogP contribution in [0.2, 0.25) is 0 Å². The summed E-state index contributed by atoms with van der Waals surface area (Å²) in [7, 11) is 0. The van der Waals surface area contributed by atoms with Gasteiger partial charge in [-0.3, -0.25) is 9.88 Å². The Labute approximate surface area is 183 Å². The SMILES string of the molecule is N#Cc1ccc(-c2cccc(CN3CCc4nc(C5CCCCC5)ncc4C3)n2)cc1. The lowest BCUT2D eigenvalue weighted by Crippen LogP contribution is -2.31. The molecule has 1 aromatic carbocycles. The van der Waals surface area contributed by atoms with Crippen molar-refractivity contribution in [2.75, 3.05) is 6.54 Å². The molecule has 0 unspecified atom stereocenters. The summed E-state index contributed by atoms with van der Waals surface area (Å²) in [5.74, 6) is 1.63. The summed E-state index contributed by atoms with van der Waals surface area (Å²) in [5, 5.41) is 9.00. The second-order valence-electron chi connectivity index (χ2n) is 8.70. The van der Waals surface area contributed by atoms with Gasteiger partial charge in [0.15, 0.2) is 0 Å². The minimum Gasteiger partial charge on any atom is -0.293 e. The highest BCUT2D eigenvalue weighted by molar-refractivity contribution is 5.60. The average molecular weight is 410 g/mol. The van der Waals surface area contributed by atoms with Crippen LogP contribution in [-0.2, 0) is 19.5 Å². The van der Waals surface area contributed by atoms with Gasteiger partial charge in [-0.15, -0.1) is 0 Å². The molecule has 1 aliphatic heterocycles. The van der Waals surface area contributed by atoms with Crippen LogP contribution in [0, 0.1) is 11.3 Å². The van der Waals surface area contributed by atoms with Crippen molar-refractivity contribution in [1.82, 2.24) is 19.9 Å². The van der Waals surface area contributed by atoms with Gasteiger partial charge < -0.3 is 0 Å². The van der Waals surface area contributed by atoms with Crippen molar-refractivity contribution in [3.05, 3.63) is 77.0 Å². The van der Waals surface area contributed by atoms with E-state index in [1.165, 1.54) is 43.4 Å². The molecule has 0 N–H and O–H groups in total. The van der Waals surface area contributed by atoms with E-state index >= 15 is 0 Å². The van der Waals surface area contributed by atoms with Gasteiger partial charge in [0.25, 0.3) is 0 Å². The quantitative estimate of drug-likeness (QED) is 0.605. The number of benzene rings is 1. The van der Waals surface area contributed by atoms with E-state index in [1.54, 1.807) is 0 Å². The number of hydrogen-bond acceptors (Lipinski definition) is 5. The molecule has 0 spiro atoms. The molecule has 0 radical (unpaired) electrons. The van der Waals surface area contributed by atoms with Crippen LogP contribution in [0.25, 0.3) is 11.3 Å². The second kappa shape index (κ2) is 8.95. The third kappa shape index (κ3) is 4.50. The summed E-state index contributed by atoms with van der Waals surface area (Å²) >= 11 is 0. The van der Waals surface area contributed by atoms with E-state index in [0.29, 0.717) is 11.5 Å². The lowest BCUT2D eigenvalue weighted by molar-refractivity contribution is 0.239. The number of fused-ring (bicyclic) bond motifs is 1. The summed E-state index contributed by atoms with van der Waals surface area (Å²) in [6.07, 6.45) is 9.52. The Balaban J connectivity index is 1.27. The maximum atomic E-state index is 9.00. The molecule has 0 amide bonds. The third-order valence-electron chi connectivity index (χ3n) is 6.50. The Bertz CT molecular complexity index is 1090. The first-order chi connectivity index (χ1) is 15.3. The summed E-state index contributed by atoms with van der Waals surface area (Å²) in [6.45, 7) is 2.69. The van der Waals surface area contributed by atoms with E-state index < -0.39 is 0 Å². The summed E-state index contributed by atoms with van der Waals surface area (Å²) in [6, 6.07) is 15.9. The van der Waals surface area contributed by atoms with Crippen molar-refractivity contribution in [2.45, 2.75) is 57.5 Å². The van der Waals surface area contributed by atoms with Crippen molar-refractivity contribution >= 4 is 0 Å². The predicted octanol–water partition coefficient (Wildman–Crippen LogP) is 5.02. The Morgan fingerprint density at radius 3 is 2.65 bits per heavy atom. The van der Waals surface area contributed by atoms with Crippen LogP contribution in [0.15, 0.2) is 48.7 Å². The standard InChI is InChI=1S/C26H27N5/c27-15-19-9-11-20(12-10-19)24-8-4-7-23(29-24)18-31-14-13-25-22(17-31)16-28-26(30-25)21-5-2-1-3-6-21/h4,7-12,16,21H,1-3,5-6,13-14,17-18H2. The lowest BCUT2D eigenvalue weighted by atomic mass is 9.88. The van der Waals surface area contributed by atoms with E-state index in [-0.39, 0.29) is 0 Å². The smallest absolute Gasteiger partial charge is 0.131 e. The molecular weight excluding hydrogens is 382 g/mol. The van der Waals surface area contributed by atoms with Crippen molar-refractivity contribution in [3.8, 4) is 17.3 Å². The number of nitrogens with zero attached hydrogens (tertiary/aromatic N) is 5. The van der Waals surface area contributed by atoms with Crippen LogP contribution in [-0.4, -0.2) is 26.4 Å². The molecule has 3 heterocycles. The Kier molecular flexibility index (Phi) is 5.73. The molecule has 156 valence electrons. The summed E-state index contributed by atoms with van der Waals surface area (Å²) in [5.41, 5.74) is 6.21. The minimum absolute atomic E-state index is 0.561. The first kappa shape index (κ1) is 19.8. The van der Waals surface area contributed by atoms with Gasteiger partial charge in [-0.1, -0.05) is 37.5 Å². The van der Waals surface area contributed by atoms with E-state index in [2.05, 4.69) is 29.3 Å². The second-order valence-corrected chi connectivity index (χ2v) is 8.70. The first-order valence-electron chi connectivity index (χ1n) is 11.3. The van der Waals surface area contributed by atoms with E-state index in [0.717, 1.165) is 48.8 Å². The zero-order valence-electron chi connectivity index (χ0n) is 17.8. The minimum atomic E-state index is 0.561. The summed E-state index contributed by atoms with van der Waals surface area (Å²) in [4.78, 5) is 17.0. The molecule has 2 aromatic heterocycles. The molecule has 5 rings (SSSR count). The zero-order valence-corrected chi connectivity index (χ0v) is 17.8. The number of pyridine rings is 1. The maximum absolute atomic E-state index is 9.00. The van der Waals surface area contributed by atoms with Crippen LogP contribution >= 0.6 is 0 Å². The molecule has 3 aromatic rings. The molecule has 2 aliphatic rings. The maximum Gasteiger partial charge on any atom is 0.131 e. The monoisotopic (exact) mass is 409 g/mol. The molecule has 1 aliphatic carbocycles. The van der Waals surface area contributed by atoms with Gasteiger partial charge in [0, 0.05) is 55.0 Å². The molecule has 1 fully saturated rings. The molecule has 0 atom stereocenters. The molecule has 0 saturated heterocycles. The van der Waals surface area contributed by atoms with Crippen LogP contribution in [0.3, 0.4) is 0 Å². The largest absolute Gasteiger partial charge is 0.293 e. The zero-order chi connectivity index (χ0) is 21.0. The number of aromatic nitrogens is 3. The molecule has 5 heteroatoms. The molecular formula is C26H27N5. The van der Waals surface area contributed by atoms with Crippen molar-refractivity contribution in [2.24, 2.45) is 0 Å². The van der Waals surface area contributed by atoms with Gasteiger partial charge in [-0.05, 0) is 37.1 Å². The number of nitriles is 1. The highest BCUT2D eigenvalue weighted by Gasteiger charge is 2.23. The number of hydrogen-bond donors (Lipinski definition) is 0. The Morgan fingerprint density at radius 1 is 1.00 bits per heavy atom. The van der Waals surface area contributed by atoms with Crippen molar-refractivity contribution < 1.29 is 0 Å². The highest BCUT2D eigenvalue weighted by atomic mass is 15.1. The van der Waals surface area contributed by atoms with Gasteiger partial charge in [0.2, 0.25) is 0 Å². The fourth-order valence-corrected chi connectivity index (χ4v) is 4.76. The molecule has 1 saturated carbocycles. The number of rotatable bonds is 4. The Hall–Kier alpha value is -3.10. The third-order valence-corrected chi connectivity index (χ3v) is 6.50. The normalized spacial score (nSPS) is 17.1. The summed E-state index contributed by atoms with van der Waals surface area (Å²) < 4.78 is 0. The van der Waals surface area contributed by atoms with Gasteiger partial charge in [-0.2, -0.15) is 5.26 Å². The van der Waals surface area contributed by atoms with Crippen molar-refractivity contribution in [3.63, 3.8) is 0 Å². The first-order valence-corrected chi connectivity index (χ1v) is 11.3. The fourth-order valence-electron chi connectivity index (χ4n) is 4.76. The van der Waals surface area contributed by atoms with Crippen LogP contribution < -0.4 is 0 Å². The van der Waals surface area contributed by atoms with Crippen LogP contribution in [0.5, 0.6) is 0 Å². The Morgan fingerprint density at radius 2 is 1.84 bits per heavy atom. The van der Waals surface area contributed by atoms with E-state index in [9.17, 15) is 0 Å². The highest BCUT2D eigenvalue weighted by Crippen LogP contribution is 2.31. The van der Waals surface area contributed by atoms with Gasteiger partial charge in [0.05, 0.1) is 23.0 Å². The van der Waals surface area contributed by atoms with Crippen molar-refractivity contribution in [1.29, 1.82) is 5.26 Å². The average Bonchev–Trinajstić information content (AvgIpc) is 2.84. The fraction of sp³-hybridized carbons (Fsp3) is 0.385. The van der Waals surface area contributed by atoms with E-state index in [4.69, 9.17) is 20.2 Å². The molecule has 0 bridgehead atoms. The molecule has 5 nitrogen and oxygen atoms in total. The van der Waals surface area contributed by atoms with Crippen LogP contribution in [0.1, 0.15) is 66.4 Å². The van der Waals surface area contributed by atoms with E-state index in [1.807, 2.05) is 30.3 Å². The lowest BCUT2D eigenvalue weighted by Gasteiger charge is -2.29. The topological polar surface area (TPSA) is 65.7 Å². The van der Waals surface area contributed by atoms with Gasteiger partial charge in [0.1, 0.15) is 5.82 Å². The predicted molar refractivity (Wildman–Crippen MR) is 120 cm³/mol. The van der Waals surface area contributed by atoms with Crippen LogP contribution in [0.4, 0.5) is 0 Å². The van der Waals surface area contributed by atoms with Gasteiger partial charge in [-0.25, -0.2) is 9.97 Å². The molecule has 31 heavy (non-hydrogen) atoms.